The molecule has 2 unspecified atom stereocenters. The van der Waals surface area contributed by atoms with Crippen molar-refractivity contribution in [2.75, 3.05) is 7.11 Å². The number of hydrogen-bond acceptors (Lipinski definition) is 2. The lowest BCUT2D eigenvalue weighted by atomic mass is 10.2. The molecule has 3 nitrogen and oxygen atoms in total. The Labute approximate surface area is 122 Å². The van der Waals surface area contributed by atoms with Crippen LogP contribution >= 0.6 is 11.6 Å². The van der Waals surface area contributed by atoms with Crippen molar-refractivity contribution in [3.8, 4) is 0 Å². The topological polar surface area (TPSA) is 27.1 Å². The van der Waals surface area contributed by atoms with Gasteiger partial charge in [-0.1, -0.05) is 0 Å². The predicted molar refractivity (Wildman–Crippen MR) is 77.7 cm³/mol. The van der Waals surface area contributed by atoms with Crippen molar-refractivity contribution >= 4 is 22.6 Å². The van der Waals surface area contributed by atoms with E-state index in [1.54, 1.807) is 14.0 Å². The van der Waals surface area contributed by atoms with Gasteiger partial charge >= 0.3 is 0 Å². The van der Waals surface area contributed by atoms with Gasteiger partial charge in [0.2, 0.25) is 0 Å². The van der Waals surface area contributed by atoms with E-state index in [9.17, 15) is 4.39 Å². The summed E-state index contributed by atoms with van der Waals surface area (Å²) in [6.45, 7) is 1.78. The number of methoxy groups -OCH3 is 1. The van der Waals surface area contributed by atoms with Gasteiger partial charge in [-0.05, 0) is 37.8 Å². The SMILES string of the molecule is COC1CCC(n2c(CCl)nc3cc(F)c(C)cc32)C1. The summed E-state index contributed by atoms with van der Waals surface area (Å²) in [4.78, 5) is 4.48. The third kappa shape index (κ3) is 2.21. The van der Waals surface area contributed by atoms with Gasteiger partial charge in [0.1, 0.15) is 11.6 Å². The number of aromatic nitrogens is 2. The number of benzene rings is 1. The number of alkyl halides is 1. The van der Waals surface area contributed by atoms with E-state index in [0.717, 1.165) is 30.6 Å². The van der Waals surface area contributed by atoms with Gasteiger partial charge in [0.15, 0.2) is 0 Å². The number of rotatable bonds is 3. The van der Waals surface area contributed by atoms with Crippen LogP contribution in [0.25, 0.3) is 11.0 Å². The molecule has 0 saturated heterocycles. The van der Waals surface area contributed by atoms with Crippen LogP contribution in [0, 0.1) is 12.7 Å². The van der Waals surface area contributed by atoms with E-state index in [1.807, 2.05) is 6.07 Å². The number of nitrogens with zero attached hydrogens (tertiary/aromatic N) is 2. The second kappa shape index (κ2) is 5.34. The Morgan fingerprint density at radius 1 is 1.45 bits per heavy atom. The van der Waals surface area contributed by atoms with Gasteiger partial charge in [-0.25, -0.2) is 9.37 Å². The molecular formula is C15H18ClFN2O. The van der Waals surface area contributed by atoms with E-state index in [-0.39, 0.29) is 5.82 Å². The predicted octanol–water partition coefficient (Wildman–Crippen LogP) is 3.96. The lowest BCUT2D eigenvalue weighted by molar-refractivity contribution is 0.106. The van der Waals surface area contributed by atoms with Gasteiger partial charge in [0, 0.05) is 19.2 Å². The lowest BCUT2D eigenvalue weighted by Gasteiger charge is -2.16. The van der Waals surface area contributed by atoms with Crippen molar-refractivity contribution in [3.63, 3.8) is 0 Å². The van der Waals surface area contributed by atoms with Crippen molar-refractivity contribution in [2.24, 2.45) is 0 Å². The third-order valence-corrected chi connectivity index (χ3v) is 4.46. The molecule has 3 rings (SSSR count). The molecule has 0 aliphatic heterocycles. The fraction of sp³-hybridized carbons (Fsp3) is 0.533. The van der Waals surface area contributed by atoms with Gasteiger partial charge < -0.3 is 9.30 Å². The molecule has 2 aromatic rings. The Morgan fingerprint density at radius 3 is 2.90 bits per heavy atom. The molecule has 1 heterocycles. The van der Waals surface area contributed by atoms with Gasteiger partial charge in [-0.3, -0.25) is 0 Å². The van der Waals surface area contributed by atoms with Crippen molar-refractivity contribution in [3.05, 3.63) is 29.3 Å². The zero-order valence-electron chi connectivity index (χ0n) is 11.7. The minimum Gasteiger partial charge on any atom is -0.381 e. The summed E-state index contributed by atoms with van der Waals surface area (Å²) in [7, 11) is 1.75. The summed E-state index contributed by atoms with van der Waals surface area (Å²) >= 11 is 6.02. The maximum Gasteiger partial charge on any atom is 0.128 e. The molecule has 0 amide bonds. The van der Waals surface area contributed by atoms with Crippen LogP contribution in [0.2, 0.25) is 0 Å². The summed E-state index contributed by atoms with van der Waals surface area (Å²) < 4.78 is 21.3. The fourth-order valence-electron chi connectivity index (χ4n) is 3.14. The first kappa shape index (κ1) is 13.8. The Balaban J connectivity index is 2.11. The average Bonchev–Trinajstić information content (AvgIpc) is 3.03. The Hall–Kier alpha value is -1.13. The van der Waals surface area contributed by atoms with Gasteiger partial charge in [0.05, 0.1) is 23.0 Å². The first-order chi connectivity index (χ1) is 9.63. The highest BCUT2D eigenvalue weighted by atomic mass is 35.5. The van der Waals surface area contributed by atoms with Gasteiger partial charge in [-0.15, -0.1) is 11.6 Å². The highest BCUT2D eigenvalue weighted by Crippen LogP contribution is 2.36. The standard InChI is InChI=1S/C15H18ClFN2O/c1-9-5-14-13(7-12(9)17)18-15(8-16)19(14)10-3-4-11(6-10)20-2/h5,7,10-11H,3-4,6,8H2,1-2H3. The van der Waals surface area contributed by atoms with Crippen LogP contribution in [0.1, 0.15) is 36.7 Å². The highest BCUT2D eigenvalue weighted by molar-refractivity contribution is 6.16. The molecule has 0 N–H and O–H groups in total. The average molecular weight is 297 g/mol. The maximum atomic E-state index is 13.7. The number of halogens is 2. The molecule has 1 aliphatic carbocycles. The third-order valence-electron chi connectivity index (χ3n) is 4.22. The van der Waals surface area contributed by atoms with E-state index in [4.69, 9.17) is 16.3 Å². The molecule has 0 bridgehead atoms. The minimum absolute atomic E-state index is 0.218. The Kier molecular flexibility index (Phi) is 3.69. The van der Waals surface area contributed by atoms with Gasteiger partial charge in [0.25, 0.3) is 0 Å². The molecule has 5 heteroatoms. The number of aryl methyl sites for hydroxylation is 1. The second-order valence-corrected chi connectivity index (χ2v) is 5.71. The quantitative estimate of drug-likeness (QED) is 0.802. The Bertz CT molecular complexity index is 640. The minimum atomic E-state index is -0.218. The van der Waals surface area contributed by atoms with Crippen LogP contribution in [0.15, 0.2) is 12.1 Å². The first-order valence-corrected chi connectivity index (χ1v) is 7.43. The zero-order chi connectivity index (χ0) is 14.3. The van der Waals surface area contributed by atoms with Crippen molar-refractivity contribution in [1.82, 2.24) is 9.55 Å². The normalized spacial score (nSPS) is 22.8. The molecule has 1 aromatic carbocycles. The van der Waals surface area contributed by atoms with Crippen molar-refractivity contribution in [2.45, 2.75) is 44.2 Å². The first-order valence-electron chi connectivity index (χ1n) is 6.89. The lowest BCUT2D eigenvalue weighted by Crippen LogP contribution is -2.11. The maximum absolute atomic E-state index is 13.7. The molecule has 1 saturated carbocycles. The fourth-order valence-corrected chi connectivity index (χ4v) is 3.33. The van der Waals surface area contributed by atoms with Crippen LogP contribution in [-0.4, -0.2) is 22.8 Å². The Morgan fingerprint density at radius 2 is 2.25 bits per heavy atom. The smallest absolute Gasteiger partial charge is 0.128 e. The van der Waals surface area contributed by atoms with E-state index in [2.05, 4.69) is 9.55 Å². The molecule has 1 aromatic heterocycles. The van der Waals surface area contributed by atoms with Crippen LogP contribution in [0.5, 0.6) is 0 Å². The number of ether oxygens (including phenoxy) is 1. The van der Waals surface area contributed by atoms with Crippen molar-refractivity contribution < 1.29 is 9.13 Å². The summed E-state index contributed by atoms with van der Waals surface area (Å²) in [5.74, 6) is 0.932. The largest absolute Gasteiger partial charge is 0.381 e. The molecular weight excluding hydrogens is 279 g/mol. The highest BCUT2D eigenvalue weighted by Gasteiger charge is 2.28. The number of hydrogen-bond donors (Lipinski definition) is 0. The van der Waals surface area contributed by atoms with Crippen molar-refractivity contribution in [1.29, 1.82) is 0 Å². The van der Waals surface area contributed by atoms with E-state index in [1.165, 1.54) is 6.07 Å². The van der Waals surface area contributed by atoms with Gasteiger partial charge in [-0.2, -0.15) is 0 Å². The molecule has 1 fully saturated rings. The van der Waals surface area contributed by atoms with Crippen LogP contribution in [0.4, 0.5) is 4.39 Å². The molecule has 2 atom stereocenters. The summed E-state index contributed by atoms with van der Waals surface area (Å²) in [5, 5.41) is 0. The monoisotopic (exact) mass is 296 g/mol. The second-order valence-electron chi connectivity index (χ2n) is 5.45. The summed E-state index contributed by atoms with van der Waals surface area (Å²) in [6, 6.07) is 3.71. The van der Waals surface area contributed by atoms with Crippen LogP contribution < -0.4 is 0 Å². The molecule has 108 valence electrons. The van der Waals surface area contributed by atoms with E-state index >= 15 is 0 Å². The summed E-state index contributed by atoms with van der Waals surface area (Å²) in [6.07, 6.45) is 3.34. The molecule has 0 spiro atoms. The summed E-state index contributed by atoms with van der Waals surface area (Å²) in [5.41, 5.74) is 2.30. The van der Waals surface area contributed by atoms with E-state index < -0.39 is 0 Å². The molecule has 1 aliphatic rings. The van der Waals surface area contributed by atoms with Crippen LogP contribution in [0.3, 0.4) is 0 Å². The molecule has 0 radical (unpaired) electrons. The zero-order valence-corrected chi connectivity index (χ0v) is 12.5. The number of fused-ring (bicyclic) bond motifs is 1. The van der Waals surface area contributed by atoms with Crippen LogP contribution in [-0.2, 0) is 10.6 Å². The van der Waals surface area contributed by atoms with E-state index in [0.29, 0.717) is 29.1 Å². The number of imidazole rings is 1. The molecule has 20 heavy (non-hydrogen) atoms.